The van der Waals surface area contributed by atoms with Crippen molar-refractivity contribution in [2.45, 2.75) is 33.7 Å². The molecular formula is C18H26ClN5. The molecule has 130 valence electrons. The third kappa shape index (κ3) is 3.42. The standard InChI is InChI=1S/C18H26ClN5/c1-12(2)13(3)22-24-14(4)16-11-15(19)5-6-17(16)21-18(24)23-9-7-20-8-10-23/h5-6,11-12,14,20H,7-10H2,1-4H3/b22-13+. The van der Waals surface area contributed by atoms with Gasteiger partial charge in [-0.1, -0.05) is 25.4 Å². The number of rotatable bonds is 2. The Labute approximate surface area is 149 Å². The van der Waals surface area contributed by atoms with Crippen LogP contribution in [0.25, 0.3) is 0 Å². The van der Waals surface area contributed by atoms with Crippen LogP contribution in [0.5, 0.6) is 0 Å². The molecule has 1 fully saturated rings. The van der Waals surface area contributed by atoms with Gasteiger partial charge in [0.1, 0.15) is 0 Å². The summed E-state index contributed by atoms with van der Waals surface area (Å²) < 4.78 is 0. The zero-order valence-corrected chi connectivity index (χ0v) is 15.6. The Morgan fingerprint density at radius 3 is 2.71 bits per heavy atom. The van der Waals surface area contributed by atoms with Crippen molar-refractivity contribution in [2.24, 2.45) is 16.0 Å². The second-order valence-corrected chi connectivity index (χ2v) is 7.21. The minimum absolute atomic E-state index is 0.106. The maximum absolute atomic E-state index is 6.21. The molecule has 0 spiro atoms. The molecule has 6 heteroatoms. The van der Waals surface area contributed by atoms with E-state index in [4.69, 9.17) is 21.7 Å². The molecule has 1 atom stereocenters. The zero-order valence-electron chi connectivity index (χ0n) is 14.9. The fourth-order valence-electron chi connectivity index (χ4n) is 2.92. The van der Waals surface area contributed by atoms with Gasteiger partial charge >= 0.3 is 0 Å². The number of piperazine rings is 1. The van der Waals surface area contributed by atoms with Crippen LogP contribution in [0.3, 0.4) is 0 Å². The molecule has 1 saturated heterocycles. The van der Waals surface area contributed by atoms with Crippen molar-refractivity contribution < 1.29 is 0 Å². The number of benzene rings is 1. The fraction of sp³-hybridized carbons (Fsp3) is 0.556. The summed E-state index contributed by atoms with van der Waals surface area (Å²) in [5.41, 5.74) is 3.23. The number of nitrogens with one attached hydrogen (secondary N) is 1. The highest BCUT2D eigenvalue weighted by atomic mass is 35.5. The molecule has 1 aromatic rings. The molecule has 1 unspecified atom stereocenters. The van der Waals surface area contributed by atoms with Gasteiger partial charge in [-0.2, -0.15) is 5.10 Å². The van der Waals surface area contributed by atoms with E-state index in [1.165, 1.54) is 0 Å². The van der Waals surface area contributed by atoms with Crippen LogP contribution in [0.4, 0.5) is 5.69 Å². The molecular weight excluding hydrogens is 322 g/mol. The van der Waals surface area contributed by atoms with E-state index in [2.05, 4.69) is 42.9 Å². The molecule has 0 saturated carbocycles. The lowest BCUT2D eigenvalue weighted by Crippen LogP contribution is -2.52. The van der Waals surface area contributed by atoms with Crippen LogP contribution in [-0.4, -0.2) is 47.8 Å². The fourth-order valence-corrected chi connectivity index (χ4v) is 3.10. The molecule has 5 nitrogen and oxygen atoms in total. The van der Waals surface area contributed by atoms with Gasteiger partial charge in [-0.3, -0.25) is 0 Å². The number of aliphatic imine (C=N–C) groups is 1. The molecule has 24 heavy (non-hydrogen) atoms. The van der Waals surface area contributed by atoms with E-state index < -0.39 is 0 Å². The van der Waals surface area contributed by atoms with Crippen molar-refractivity contribution >= 4 is 29.0 Å². The maximum Gasteiger partial charge on any atom is 0.223 e. The second-order valence-electron chi connectivity index (χ2n) is 6.77. The van der Waals surface area contributed by atoms with Gasteiger partial charge in [-0.25, -0.2) is 10.0 Å². The number of hydrogen-bond donors (Lipinski definition) is 1. The summed E-state index contributed by atoms with van der Waals surface area (Å²) in [7, 11) is 0. The lowest BCUT2D eigenvalue weighted by molar-refractivity contribution is 0.257. The quantitative estimate of drug-likeness (QED) is 0.830. The van der Waals surface area contributed by atoms with Gasteiger partial charge in [-0.15, -0.1) is 0 Å². The summed E-state index contributed by atoms with van der Waals surface area (Å²) in [5.74, 6) is 1.35. The number of hydrogen-bond acceptors (Lipinski definition) is 5. The number of fused-ring (bicyclic) bond motifs is 1. The molecule has 1 N–H and O–H groups in total. The minimum Gasteiger partial charge on any atom is -0.338 e. The number of halogens is 1. The summed E-state index contributed by atoms with van der Waals surface area (Å²) in [6.07, 6.45) is 0. The molecule has 2 aliphatic rings. The first-order valence-electron chi connectivity index (χ1n) is 8.65. The van der Waals surface area contributed by atoms with Crippen LogP contribution in [0.2, 0.25) is 5.02 Å². The topological polar surface area (TPSA) is 43.2 Å². The van der Waals surface area contributed by atoms with Gasteiger partial charge in [0.15, 0.2) is 0 Å². The van der Waals surface area contributed by atoms with Crippen LogP contribution in [0, 0.1) is 5.92 Å². The van der Waals surface area contributed by atoms with E-state index in [1.807, 2.05) is 18.2 Å². The molecule has 0 radical (unpaired) electrons. The average molecular weight is 348 g/mol. The summed E-state index contributed by atoms with van der Waals surface area (Å²) >= 11 is 6.21. The molecule has 2 heterocycles. The monoisotopic (exact) mass is 347 g/mol. The predicted molar refractivity (Wildman–Crippen MR) is 101 cm³/mol. The van der Waals surface area contributed by atoms with Gasteiger partial charge in [0.2, 0.25) is 5.96 Å². The van der Waals surface area contributed by atoms with Gasteiger partial charge in [-0.05, 0) is 38.0 Å². The Morgan fingerprint density at radius 2 is 2.04 bits per heavy atom. The lowest BCUT2D eigenvalue weighted by Gasteiger charge is -2.40. The van der Waals surface area contributed by atoms with E-state index in [0.29, 0.717) is 5.92 Å². The summed E-state index contributed by atoms with van der Waals surface area (Å²) in [6.45, 7) is 12.4. The molecule has 2 aliphatic heterocycles. The summed E-state index contributed by atoms with van der Waals surface area (Å²) in [4.78, 5) is 7.25. The van der Waals surface area contributed by atoms with Crippen LogP contribution >= 0.6 is 11.6 Å². The molecule has 0 bridgehead atoms. The number of hydrazone groups is 1. The van der Waals surface area contributed by atoms with Gasteiger partial charge in [0.25, 0.3) is 0 Å². The minimum atomic E-state index is 0.106. The normalized spacial score (nSPS) is 21.8. The van der Waals surface area contributed by atoms with E-state index in [1.54, 1.807) is 0 Å². The lowest BCUT2D eigenvalue weighted by atomic mass is 10.0. The third-order valence-electron chi connectivity index (χ3n) is 4.73. The Morgan fingerprint density at radius 1 is 1.33 bits per heavy atom. The van der Waals surface area contributed by atoms with Crippen LogP contribution in [0.1, 0.15) is 39.3 Å². The van der Waals surface area contributed by atoms with Crippen molar-refractivity contribution in [3.05, 3.63) is 28.8 Å². The SMILES string of the molecule is C/C(=N\N1C(N2CCNCC2)=Nc2ccc(Cl)cc2C1C)C(C)C. The Balaban J connectivity index is 2.05. The van der Waals surface area contributed by atoms with Crippen molar-refractivity contribution in [3.63, 3.8) is 0 Å². The van der Waals surface area contributed by atoms with Crippen molar-refractivity contribution in [1.29, 1.82) is 0 Å². The molecule has 1 aromatic carbocycles. The molecule has 0 amide bonds. The highest BCUT2D eigenvalue weighted by Gasteiger charge is 2.31. The first-order chi connectivity index (χ1) is 11.5. The van der Waals surface area contributed by atoms with E-state index in [9.17, 15) is 0 Å². The smallest absolute Gasteiger partial charge is 0.223 e. The average Bonchev–Trinajstić information content (AvgIpc) is 2.58. The number of nitrogens with zero attached hydrogens (tertiary/aromatic N) is 4. The Bertz CT molecular complexity index is 661. The van der Waals surface area contributed by atoms with Gasteiger partial charge in [0.05, 0.1) is 11.7 Å². The van der Waals surface area contributed by atoms with Crippen molar-refractivity contribution in [3.8, 4) is 0 Å². The second kappa shape index (κ2) is 7.11. The summed E-state index contributed by atoms with van der Waals surface area (Å²) in [6, 6.07) is 6.03. The molecule has 0 aromatic heterocycles. The highest BCUT2D eigenvalue weighted by Crippen LogP contribution is 2.37. The Kier molecular flexibility index (Phi) is 5.11. The number of guanidine groups is 1. The van der Waals surface area contributed by atoms with Crippen LogP contribution < -0.4 is 5.32 Å². The van der Waals surface area contributed by atoms with Crippen molar-refractivity contribution in [1.82, 2.24) is 15.2 Å². The first-order valence-corrected chi connectivity index (χ1v) is 9.03. The van der Waals surface area contributed by atoms with Crippen LogP contribution in [-0.2, 0) is 0 Å². The van der Waals surface area contributed by atoms with E-state index in [0.717, 1.165) is 54.1 Å². The van der Waals surface area contributed by atoms with Gasteiger partial charge in [0, 0.05) is 42.5 Å². The largest absolute Gasteiger partial charge is 0.338 e. The first kappa shape index (κ1) is 17.2. The third-order valence-corrected chi connectivity index (χ3v) is 4.97. The zero-order chi connectivity index (χ0) is 17.3. The van der Waals surface area contributed by atoms with E-state index in [-0.39, 0.29) is 6.04 Å². The van der Waals surface area contributed by atoms with Gasteiger partial charge < -0.3 is 10.2 Å². The van der Waals surface area contributed by atoms with Crippen molar-refractivity contribution in [2.75, 3.05) is 26.2 Å². The Hall–Kier alpha value is -1.59. The molecule has 0 aliphatic carbocycles. The van der Waals surface area contributed by atoms with Crippen LogP contribution in [0.15, 0.2) is 28.3 Å². The molecule has 3 rings (SSSR count). The predicted octanol–water partition coefficient (Wildman–Crippen LogP) is 3.64. The highest BCUT2D eigenvalue weighted by molar-refractivity contribution is 6.30. The summed E-state index contributed by atoms with van der Waals surface area (Å²) in [5, 5.41) is 11.1. The maximum atomic E-state index is 6.21. The van der Waals surface area contributed by atoms with E-state index >= 15 is 0 Å².